The Balaban J connectivity index is 2.11. The van der Waals surface area contributed by atoms with Crippen LogP contribution in [0.5, 0.6) is 0 Å². The lowest BCUT2D eigenvalue weighted by molar-refractivity contribution is -0.172. The van der Waals surface area contributed by atoms with Crippen LogP contribution in [0, 0.1) is 0 Å². The molecule has 0 saturated carbocycles. The Bertz CT molecular complexity index is 318. The molecular weight excluding hydrogens is 251 g/mol. The van der Waals surface area contributed by atoms with Gasteiger partial charge in [0, 0.05) is 6.54 Å². The summed E-state index contributed by atoms with van der Waals surface area (Å²) in [5.41, 5.74) is 0. The van der Waals surface area contributed by atoms with Gasteiger partial charge in [0.2, 0.25) is 5.89 Å². The number of aromatic nitrogens is 2. The number of halogens is 4. The number of alkyl halides is 4. The zero-order valence-corrected chi connectivity index (χ0v) is 8.81. The highest BCUT2D eigenvalue weighted by molar-refractivity contribution is 6.16. The minimum Gasteiger partial charge on any atom is -0.407 e. The molecule has 16 heavy (non-hydrogen) atoms. The third-order valence-electron chi connectivity index (χ3n) is 1.37. The minimum atomic E-state index is -4.31. The van der Waals surface area contributed by atoms with Gasteiger partial charge in [-0.15, -0.1) is 16.7 Å². The van der Waals surface area contributed by atoms with Crippen molar-refractivity contribution in [2.24, 2.45) is 0 Å². The fourth-order valence-electron chi connectivity index (χ4n) is 0.797. The maximum atomic E-state index is 11.7. The van der Waals surface area contributed by atoms with Gasteiger partial charge < -0.3 is 14.5 Å². The summed E-state index contributed by atoms with van der Waals surface area (Å²) in [6, 6.07) is 0.103. The van der Waals surface area contributed by atoms with E-state index < -0.39 is 12.8 Å². The molecule has 0 saturated heterocycles. The smallest absolute Gasteiger partial charge is 0.407 e. The number of ether oxygens (including phenoxy) is 1. The van der Waals surface area contributed by atoms with Gasteiger partial charge in [0.15, 0.2) is 0 Å². The number of hydrogen-bond donors (Lipinski definition) is 1. The first-order valence-corrected chi connectivity index (χ1v) is 4.81. The molecule has 0 unspecified atom stereocenters. The second kappa shape index (κ2) is 5.90. The molecule has 0 aromatic carbocycles. The van der Waals surface area contributed by atoms with E-state index in [1.807, 2.05) is 0 Å². The van der Waals surface area contributed by atoms with Gasteiger partial charge in [0.1, 0.15) is 12.5 Å². The Morgan fingerprint density at radius 3 is 2.69 bits per heavy atom. The first-order chi connectivity index (χ1) is 7.51. The van der Waals surface area contributed by atoms with Gasteiger partial charge in [-0.25, -0.2) is 0 Å². The van der Waals surface area contributed by atoms with Crippen molar-refractivity contribution in [3.05, 3.63) is 5.89 Å². The second-order valence-electron chi connectivity index (χ2n) is 2.73. The summed E-state index contributed by atoms with van der Waals surface area (Å²) in [6.07, 6.45) is -4.31. The van der Waals surface area contributed by atoms with Crippen molar-refractivity contribution in [2.75, 3.05) is 25.1 Å². The van der Waals surface area contributed by atoms with Crippen molar-refractivity contribution >= 4 is 17.6 Å². The molecular formula is C7H9ClF3N3O2. The highest BCUT2D eigenvalue weighted by Gasteiger charge is 2.27. The van der Waals surface area contributed by atoms with Crippen molar-refractivity contribution in [1.82, 2.24) is 10.2 Å². The van der Waals surface area contributed by atoms with Gasteiger partial charge in [-0.2, -0.15) is 13.2 Å². The molecule has 0 atom stereocenters. The van der Waals surface area contributed by atoms with Crippen molar-refractivity contribution in [3.63, 3.8) is 0 Å². The van der Waals surface area contributed by atoms with Gasteiger partial charge in [-0.3, -0.25) is 0 Å². The highest BCUT2D eigenvalue weighted by atomic mass is 35.5. The molecule has 0 aliphatic heterocycles. The molecule has 9 heteroatoms. The molecule has 0 bridgehead atoms. The molecule has 0 radical (unpaired) electrons. The Kier molecular flexibility index (Phi) is 4.81. The predicted molar refractivity (Wildman–Crippen MR) is 49.2 cm³/mol. The maximum absolute atomic E-state index is 11.7. The Morgan fingerprint density at radius 2 is 2.12 bits per heavy atom. The molecule has 0 aliphatic rings. The Morgan fingerprint density at radius 1 is 1.38 bits per heavy atom. The average molecular weight is 260 g/mol. The zero-order chi connectivity index (χ0) is 12.0. The van der Waals surface area contributed by atoms with Crippen LogP contribution in [0.3, 0.4) is 0 Å². The maximum Gasteiger partial charge on any atom is 0.411 e. The third-order valence-corrected chi connectivity index (χ3v) is 1.60. The van der Waals surface area contributed by atoms with Crippen LogP contribution in [0.25, 0.3) is 0 Å². The first kappa shape index (κ1) is 13.0. The summed E-state index contributed by atoms with van der Waals surface area (Å²) in [4.78, 5) is 0. The predicted octanol–water partition coefficient (Wildman–Crippen LogP) is 1.80. The van der Waals surface area contributed by atoms with E-state index in [0.717, 1.165) is 0 Å². The van der Waals surface area contributed by atoms with Crippen LogP contribution in [-0.4, -0.2) is 36.1 Å². The molecule has 1 heterocycles. The number of hydrogen-bond acceptors (Lipinski definition) is 5. The van der Waals surface area contributed by atoms with Crippen molar-refractivity contribution in [3.8, 4) is 0 Å². The molecule has 1 N–H and O–H groups in total. The van der Waals surface area contributed by atoms with Crippen LogP contribution < -0.4 is 5.32 Å². The second-order valence-corrected chi connectivity index (χ2v) is 3.00. The van der Waals surface area contributed by atoms with Gasteiger partial charge in [0.25, 0.3) is 0 Å². The van der Waals surface area contributed by atoms with Gasteiger partial charge >= 0.3 is 12.2 Å². The standard InChI is InChI=1S/C7H9ClF3N3O2/c8-3-5-13-14-6(16-5)12-1-2-15-4-7(9,10)11/h1-4H2,(H,12,14). The van der Waals surface area contributed by atoms with E-state index in [4.69, 9.17) is 16.0 Å². The normalized spacial score (nSPS) is 11.8. The summed E-state index contributed by atoms with van der Waals surface area (Å²) < 4.78 is 44.2. The lowest BCUT2D eigenvalue weighted by Crippen LogP contribution is -2.20. The summed E-state index contributed by atoms with van der Waals surface area (Å²) in [5, 5.41) is 9.68. The monoisotopic (exact) mass is 259 g/mol. The molecule has 0 aliphatic carbocycles. The van der Waals surface area contributed by atoms with E-state index in [2.05, 4.69) is 20.3 Å². The van der Waals surface area contributed by atoms with Crippen molar-refractivity contribution < 1.29 is 22.3 Å². The lowest BCUT2D eigenvalue weighted by atomic mass is 10.6. The summed E-state index contributed by atoms with van der Waals surface area (Å²) in [6.45, 7) is -1.25. The van der Waals surface area contributed by atoms with Crippen LogP contribution in [0.4, 0.5) is 19.2 Å². The molecule has 0 amide bonds. The third kappa shape index (κ3) is 5.17. The summed E-state index contributed by atoms with van der Waals surface area (Å²) >= 11 is 5.40. The Hall–Kier alpha value is -1.02. The van der Waals surface area contributed by atoms with E-state index in [-0.39, 0.29) is 30.9 Å². The van der Waals surface area contributed by atoms with Crippen LogP contribution in [0.1, 0.15) is 5.89 Å². The van der Waals surface area contributed by atoms with E-state index in [1.54, 1.807) is 0 Å². The van der Waals surface area contributed by atoms with Gasteiger partial charge in [-0.05, 0) is 0 Å². The van der Waals surface area contributed by atoms with Crippen molar-refractivity contribution in [2.45, 2.75) is 12.1 Å². The SMILES string of the molecule is FC(F)(F)COCCNc1nnc(CCl)o1. The fraction of sp³-hybridized carbons (Fsp3) is 0.714. The van der Waals surface area contributed by atoms with Crippen LogP contribution in [0.2, 0.25) is 0 Å². The van der Waals surface area contributed by atoms with E-state index in [0.29, 0.717) is 0 Å². The van der Waals surface area contributed by atoms with Crippen LogP contribution in [0.15, 0.2) is 4.42 Å². The largest absolute Gasteiger partial charge is 0.411 e. The van der Waals surface area contributed by atoms with Crippen LogP contribution >= 0.6 is 11.6 Å². The zero-order valence-electron chi connectivity index (χ0n) is 8.05. The lowest BCUT2D eigenvalue weighted by Gasteiger charge is -2.07. The van der Waals surface area contributed by atoms with E-state index in [1.165, 1.54) is 0 Å². The summed E-state index contributed by atoms with van der Waals surface area (Å²) in [5.74, 6) is 0.319. The molecule has 0 spiro atoms. The molecule has 5 nitrogen and oxygen atoms in total. The van der Waals surface area contributed by atoms with Gasteiger partial charge in [0.05, 0.1) is 6.61 Å². The fourth-order valence-corrected chi connectivity index (χ4v) is 0.905. The van der Waals surface area contributed by atoms with Crippen molar-refractivity contribution in [1.29, 1.82) is 0 Å². The highest BCUT2D eigenvalue weighted by Crippen LogP contribution is 2.14. The topological polar surface area (TPSA) is 60.2 Å². The minimum absolute atomic E-state index is 0.0826. The number of anilines is 1. The number of nitrogens with one attached hydrogen (secondary N) is 1. The average Bonchev–Trinajstić information content (AvgIpc) is 2.63. The van der Waals surface area contributed by atoms with E-state index in [9.17, 15) is 13.2 Å². The van der Waals surface area contributed by atoms with Crippen LogP contribution in [-0.2, 0) is 10.6 Å². The molecule has 92 valence electrons. The molecule has 1 aromatic rings. The number of nitrogens with zero attached hydrogens (tertiary/aromatic N) is 2. The molecule has 1 rings (SSSR count). The Labute approximate surface area is 93.9 Å². The summed E-state index contributed by atoms with van der Waals surface area (Å²) in [7, 11) is 0. The number of rotatable bonds is 6. The molecule has 0 fully saturated rings. The van der Waals surface area contributed by atoms with E-state index >= 15 is 0 Å². The first-order valence-electron chi connectivity index (χ1n) is 4.28. The quantitative estimate of drug-likeness (QED) is 0.623. The van der Waals surface area contributed by atoms with Gasteiger partial charge in [-0.1, -0.05) is 5.10 Å². The molecule has 1 aromatic heterocycles.